The van der Waals surface area contributed by atoms with Gasteiger partial charge in [-0.15, -0.1) is 0 Å². The molecule has 0 unspecified atom stereocenters. The minimum atomic E-state index is -0.990. The normalized spacial score (nSPS) is 22.8. The third kappa shape index (κ3) is 4.76. The summed E-state index contributed by atoms with van der Waals surface area (Å²) in [5.74, 6) is -1.50. The molecule has 34 heavy (non-hydrogen) atoms. The van der Waals surface area contributed by atoms with Crippen molar-refractivity contribution in [2.75, 3.05) is 11.9 Å². The van der Waals surface area contributed by atoms with Gasteiger partial charge in [0.25, 0.3) is 0 Å². The van der Waals surface area contributed by atoms with E-state index in [1.807, 2.05) is 52.0 Å². The Bertz CT molecular complexity index is 1030. The molecule has 0 bridgehead atoms. The Morgan fingerprint density at radius 2 is 1.88 bits per heavy atom. The molecule has 2 aliphatic heterocycles. The minimum absolute atomic E-state index is 0.0661. The van der Waals surface area contributed by atoms with Crippen LogP contribution in [0.2, 0.25) is 0 Å². The maximum atomic E-state index is 13.7. The van der Waals surface area contributed by atoms with Gasteiger partial charge in [0.1, 0.15) is 18.1 Å². The van der Waals surface area contributed by atoms with E-state index in [1.54, 1.807) is 0 Å². The lowest BCUT2D eigenvalue weighted by Crippen LogP contribution is -2.56. The summed E-state index contributed by atoms with van der Waals surface area (Å²) in [5.41, 5.74) is 0.488. The summed E-state index contributed by atoms with van der Waals surface area (Å²) >= 11 is 0. The van der Waals surface area contributed by atoms with E-state index in [1.165, 1.54) is 11.8 Å². The molecule has 1 aromatic rings. The fraction of sp³-hybridized carbons (Fsp3) is 0.560. The minimum Gasteiger partial charge on any atom is -0.344 e. The number of nitrogens with zero attached hydrogens (tertiary/aromatic N) is 2. The summed E-state index contributed by atoms with van der Waals surface area (Å²) in [5, 5.41) is 18.2. The average Bonchev–Trinajstić information content (AvgIpc) is 3.29. The Labute approximate surface area is 200 Å². The summed E-state index contributed by atoms with van der Waals surface area (Å²) < 4.78 is 0. The molecule has 0 saturated carbocycles. The highest BCUT2D eigenvalue weighted by molar-refractivity contribution is 6.07. The van der Waals surface area contributed by atoms with Gasteiger partial charge in [-0.2, -0.15) is 5.26 Å². The molecule has 3 N–H and O–H groups in total. The van der Waals surface area contributed by atoms with Crippen LogP contribution in [0.4, 0.5) is 5.69 Å². The second-order valence-corrected chi connectivity index (χ2v) is 10.0. The third-order valence-corrected chi connectivity index (χ3v) is 6.55. The van der Waals surface area contributed by atoms with E-state index in [4.69, 9.17) is 0 Å². The number of likely N-dealkylation sites (tertiary alicyclic amines) is 1. The molecular formula is C25H33N5O4. The molecule has 9 nitrogen and oxygen atoms in total. The van der Waals surface area contributed by atoms with Gasteiger partial charge in [0, 0.05) is 25.6 Å². The van der Waals surface area contributed by atoms with E-state index in [2.05, 4.69) is 22.0 Å². The summed E-state index contributed by atoms with van der Waals surface area (Å²) in [6, 6.07) is 7.04. The van der Waals surface area contributed by atoms with Gasteiger partial charge in [-0.1, -0.05) is 45.9 Å². The molecule has 0 aliphatic carbocycles. The van der Waals surface area contributed by atoms with Crippen LogP contribution in [-0.2, 0) is 24.6 Å². The van der Waals surface area contributed by atoms with Crippen LogP contribution in [0.5, 0.6) is 0 Å². The highest BCUT2D eigenvalue weighted by Crippen LogP contribution is 2.46. The van der Waals surface area contributed by atoms with Gasteiger partial charge < -0.3 is 20.9 Å². The molecule has 182 valence electrons. The van der Waals surface area contributed by atoms with Crippen molar-refractivity contribution in [1.82, 2.24) is 15.5 Å². The first-order valence-corrected chi connectivity index (χ1v) is 11.7. The van der Waals surface area contributed by atoms with E-state index < -0.39 is 35.4 Å². The van der Waals surface area contributed by atoms with Gasteiger partial charge >= 0.3 is 0 Å². The molecule has 1 spiro atoms. The zero-order valence-electron chi connectivity index (χ0n) is 20.3. The number of carbonyl (C=O) groups is 4. The fourth-order valence-electron chi connectivity index (χ4n) is 4.89. The van der Waals surface area contributed by atoms with Crippen molar-refractivity contribution in [2.45, 2.75) is 71.0 Å². The van der Waals surface area contributed by atoms with Crippen LogP contribution in [0, 0.1) is 23.2 Å². The number of amides is 4. The standard InChI is InChI=1S/C25H33N5O4/c1-14(2)10-20(28-22(32)21(15(3)4)27-16(5)31)23(33)30-13-25(11-17(30)12-26)18-8-6-7-9-19(18)29-24(25)34/h6-9,14-15,17,20-21H,10-11,13H2,1-5H3,(H,27,31)(H,28,32)(H,29,34)/t17-,20-,21-,25-/m0/s1. The Morgan fingerprint density at radius 1 is 1.21 bits per heavy atom. The first-order valence-electron chi connectivity index (χ1n) is 11.7. The summed E-state index contributed by atoms with van der Waals surface area (Å²) in [4.78, 5) is 52.7. The second-order valence-electron chi connectivity index (χ2n) is 10.0. The van der Waals surface area contributed by atoms with Gasteiger partial charge in [0.15, 0.2) is 0 Å². The molecule has 4 amide bonds. The SMILES string of the molecule is CC(=O)N[C@H](C(=O)N[C@@H](CC(C)C)C(=O)N1C[C@]2(C[C@H]1C#N)C(=O)Nc1ccccc12)C(C)C. The number of nitriles is 1. The van der Waals surface area contributed by atoms with Gasteiger partial charge in [-0.25, -0.2) is 0 Å². The summed E-state index contributed by atoms with van der Waals surface area (Å²) in [7, 11) is 0. The number of benzene rings is 1. The molecule has 0 radical (unpaired) electrons. The quantitative estimate of drug-likeness (QED) is 0.562. The van der Waals surface area contributed by atoms with E-state index >= 15 is 0 Å². The monoisotopic (exact) mass is 467 g/mol. The number of nitrogens with one attached hydrogen (secondary N) is 3. The first-order chi connectivity index (χ1) is 16.0. The van der Waals surface area contributed by atoms with Gasteiger partial charge in [0.05, 0.1) is 11.5 Å². The number of rotatable bonds is 7. The van der Waals surface area contributed by atoms with Crippen LogP contribution in [0.15, 0.2) is 24.3 Å². The average molecular weight is 468 g/mol. The van der Waals surface area contributed by atoms with Crippen molar-refractivity contribution < 1.29 is 19.2 Å². The molecule has 2 heterocycles. The molecule has 1 saturated heterocycles. The molecule has 3 rings (SSSR count). The van der Waals surface area contributed by atoms with Crippen molar-refractivity contribution >= 4 is 29.3 Å². The highest BCUT2D eigenvalue weighted by Gasteiger charge is 2.56. The molecular weight excluding hydrogens is 434 g/mol. The molecule has 4 atom stereocenters. The number of anilines is 1. The van der Waals surface area contributed by atoms with E-state index in [0.717, 1.165) is 5.56 Å². The lowest BCUT2D eigenvalue weighted by molar-refractivity contribution is -0.138. The fourth-order valence-corrected chi connectivity index (χ4v) is 4.89. The van der Waals surface area contributed by atoms with E-state index in [-0.39, 0.29) is 36.6 Å². The smallest absolute Gasteiger partial charge is 0.246 e. The maximum Gasteiger partial charge on any atom is 0.246 e. The van der Waals surface area contributed by atoms with Crippen molar-refractivity contribution in [3.05, 3.63) is 29.8 Å². The van der Waals surface area contributed by atoms with Crippen molar-refractivity contribution in [1.29, 1.82) is 5.26 Å². The number of para-hydroxylation sites is 1. The van der Waals surface area contributed by atoms with Crippen LogP contribution < -0.4 is 16.0 Å². The van der Waals surface area contributed by atoms with Crippen LogP contribution in [0.1, 0.15) is 53.0 Å². The third-order valence-electron chi connectivity index (χ3n) is 6.55. The van der Waals surface area contributed by atoms with Crippen LogP contribution >= 0.6 is 0 Å². The second kappa shape index (κ2) is 9.84. The largest absolute Gasteiger partial charge is 0.344 e. The lowest BCUT2D eigenvalue weighted by Gasteiger charge is -2.30. The van der Waals surface area contributed by atoms with Crippen molar-refractivity contribution in [2.24, 2.45) is 11.8 Å². The number of hydrogen-bond acceptors (Lipinski definition) is 5. The van der Waals surface area contributed by atoms with Gasteiger partial charge in [-0.3, -0.25) is 19.2 Å². The number of hydrogen-bond donors (Lipinski definition) is 3. The predicted octanol–water partition coefficient (Wildman–Crippen LogP) is 1.69. The number of carbonyl (C=O) groups excluding carboxylic acids is 4. The molecule has 9 heteroatoms. The molecule has 1 fully saturated rings. The van der Waals surface area contributed by atoms with Crippen LogP contribution in [0.25, 0.3) is 0 Å². The predicted molar refractivity (Wildman–Crippen MR) is 126 cm³/mol. The van der Waals surface area contributed by atoms with Crippen LogP contribution in [0.3, 0.4) is 0 Å². The topological polar surface area (TPSA) is 131 Å². The zero-order valence-corrected chi connectivity index (χ0v) is 20.3. The van der Waals surface area contributed by atoms with Crippen LogP contribution in [-0.4, -0.2) is 53.2 Å². The Kier molecular flexibility index (Phi) is 7.29. The van der Waals surface area contributed by atoms with Crippen molar-refractivity contribution in [3.63, 3.8) is 0 Å². The van der Waals surface area contributed by atoms with Crippen molar-refractivity contribution in [3.8, 4) is 6.07 Å². The Balaban J connectivity index is 1.88. The zero-order chi connectivity index (χ0) is 25.2. The van der Waals surface area contributed by atoms with E-state index in [9.17, 15) is 24.4 Å². The first kappa shape index (κ1) is 25.2. The lowest BCUT2D eigenvalue weighted by atomic mass is 9.80. The van der Waals surface area contributed by atoms with Gasteiger partial charge in [-0.05, 0) is 29.9 Å². The Morgan fingerprint density at radius 3 is 2.47 bits per heavy atom. The summed E-state index contributed by atoms with van der Waals surface area (Å²) in [6.07, 6.45) is 0.556. The Hall–Kier alpha value is -3.41. The molecule has 0 aromatic heterocycles. The molecule has 2 aliphatic rings. The highest BCUT2D eigenvalue weighted by atomic mass is 16.2. The molecule has 1 aromatic carbocycles. The van der Waals surface area contributed by atoms with E-state index in [0.29, 0.717) is 12.1 Å². The number of fused-ring (bicyclic) bond motifs is 2. The van der Waals surface area contributed by atoms with Gasteiger partial charge in [0.2, 0.25) is 23.6 Å². The summed E-state index contributed by atoms with van der Waals surface area (Å²) in [6.45, 7) is 8.90. The maximum absolute atomic E-state index is 13.7.